The molecule has 0 unspecified atom stereocenters. The van der Waals surface area contributed by atoms with Gasteiger partial charge in [0.25, 0.3) is 0 Å². The average Bonchev–Trinajstić information content (AvgIpc) is 2.42. The average molecular weight is 254 g/mol. The van der Waals surface area contributed by atoms with Gasteiger partial charge in [-0.2, -0.15) is 5.26 Å². The normalized spacial score (nSPS) is 10.0. The Labute approximate surface area is 112 Å². The first-order chi connectivity index (χ1) is 9.10. The van der Waals surface area contributed by atoms with Crippen molar-refractivity contribution < 1.29 is 4.39 Å². The molecule has 0 radical (unpaired) electrons. The lowest BCUT2D eigenvalue weighted by Crippen LogP contribution is -2.03. The smallest absolute Gasteiger partial charge is 0.129 e. The van der Waals surface area contributed by atoms with Crippen LogP contribution in [0.2, 0.25) is 0 Å². The molecule has 0 aromatic heterocycles. The Morgan fingerprint density at radius 1 is 1.16 bits per heavy atom. The first-order valence-corrected chi connectivity index (χ1v) is 6.10. The van der Waals surface area contributed by atoms with Crippen LogP contribution >= 0.6 is 0 Å². The van der Waals surface area contributed by atoms with E-state index < -0.39 is 0 Å². The van der Waals surface area contributed by atoms with Gasteiger partial charge in [0.1, 0.15) is 5.82 Å². The van der Waals surface area contributed by atoms with Crippen LogP contribution in [0.5, 0.6) is 0 Å². The van der Waals surface area contributed by atoms with Crippen molar-refractivity contribution in [1.29, 1.82) is 5.26 Å². The van der Waals surface area contributed by atoms with Gasteiger partial charge in [-0.15, -0.1) is 0 Å². The van der Waals surface area contributed by atoms with Crippen molar-refractivity contribution in [2.24, 2.45) is 0 Å². The van der Waals surface area contributed by atoms with Gasteiger partial charge >= 0.3 is 0 Å². The van der Waals surface area contributed by atoms with E-state index in [0.717, 1.165) is 5.56 Å². The van der Waals surface area contributed by atoms with Gasteiger partial charge in [-0.05, 0) is 31.5 Å². The molecule has 1 N–H and O–H groups in total. The highest BCUT2D eigenvalue weighted by Gasteiger charge is 2.06. The van der Waals surface area contributed by atoms with E-state index in [-0.39, 0.29) is 5.82 Å². The minimum Gasteiger partial charge on any atom is -0.381 e. The van der Waals surface area contributed by atoms with Crippen molar-refractivity contribution in [3.8, 4) is 6.07 Å². The van der Waals surface area contributed by atoms with Crippen LogP contribution in [-0.2, 0) is 6.54 Å². The van der Waals surface area contributed by atoms with E-state index in [1.165, 1.54) is 11.6 Å². The van der Waals surface area contributed by atoms with E-state index in [2.05, 4.69) is 5.32 Å². The topological polar surface area (TPSA) is 35.8 Å². The molecule has 2 nitrogen and oxygen atoms in total. The quantitative estimate of drug-likeness (QED) is 0.900. The minimum absolute atomic E-state index is 0.328. The first-order valence-electron chi connectivity index (χ1n) is 6.10. The summed E-state index contributed by atoms with van der Waals surface area (Å²) < 4.78 is 13.6. The number of anilines is 1. The molecule has 0 atom stereocenters. The van der Waals surface area contributed by atoms with Crippen LogP contribution in [0, 0.1) is 31.0 Å². The monoisotopic (exact) mass is 254 g/mol. The Morgan fingerprint density at radius 2 is 1.84 bits per heavy atom. The van der Waals surface area contributed by atoms with Crippen LogP contribution < -0.4 is 5.32 Å². The van der Waals surface area contributed by atoms with Crippen molar-refractivity contribution in [2.75, 3.05) is 5.32 Å². The van der Waals surface area contributed by atoms with Crippen molar-refractivity contribution in [3.05, 3.63) is 64.5 Å². The zero-order valence-corrected chi connectivity index (χ0v) is 11.0. The van der Waals surface area contributed by atoms with Crippen molar-refractivity contribution in [3.63, 3.8) is 0 Å². The van der Waals surface area contributed by atoms with Gasteiger partial charge in [0, 0.05) is 17.8 Å². The molecular formula is C16H15FN2. The molecule has 0 aliphatic rings. The Hall–Kier alpha value is -2.34. The second-order valence-electron chi connectivity index (χ2n) is 4.58. The summed E-state index contributed by atoms with van der Waals surface area (Å²) in [5.74, 6) is -0.356. The lowest BCUT2D eigenvalue weighted by atomic mass is 10.1. The number of rotatable bonds is 3. The second kappa shape index (κ2) is 5.53. The maximum atomic E-state index is 13.6. The largest absolute Gasteiger partial charge is 0.381 e. The fourth-order valence-electron chi connectivity index (χ4n) is 1.83. The van der Waals surface area contributed by atoms with Crippen LogP contribution in [0.1, 0.15) is 22.3 Å². The van der Waals surface area contributed by atoms with Crippen LogP contribution in [0.3, 0.4) is 0 Å². The van der Waals surface area contributed by atoms with Gasteiger partial charge in [0.2, 0.25) is 0 Å². The highest BCUT2D eigenvalue weighted by Crippen LogP contribution is 2.21. The third kappa shape index (κ3) is 3.11. The summed E-state index contributed by atoms with van der Waals surface area (Å²) in [6.07, 6.45) is 0. The number of benzene rings is 2. The molecule has 2 aromatic rings. The standard InChI is InChI=1S/C16H15FN2/c1-11-3-5-13(6-4-11)10-19-16-8-14(9-18)7-15(17)12(16)2/h3-8,19H,10H2,1-2H3. The number of nitrogens with one attached hydrogen (secondary N) is 1. The summed E-state index contributed by atoms with van der Waals surface area (Å²) >= 11 is 0. The molecule has 0 aliphatic carbocycles. The van der Waals surface area contributed by atoms with Gasteiger partial charge in [-0.25, -0.2) is 4.39 Å². The zero-order valence-electron chi connectivity index (χ0n) is 11.0. The third-order valence-electron chi connectivity index (χ3n) is 3.08. The molecule has 19 heavy (non-hydrogen) atoms. The highest BCUT2D eigenvalue weighted by atomic mass is 19.1. The summed E-state index contributed by atoms with van der Waals surface area (Å²) in [5.41, 5.74) is 3.85. The summed E-state index contributed by atoms with van der Waals surface area (Å²) in [7, 11) is 0. The number of halogens is 1. The molecule has 2 aromatic carbocycles. The maximum absolute atomic E-state index is 13.6. The van der Waals surface area contributed by atoms with Crippen LogP contribution in [0.4, 0.5) is 10.1 Å². The van der Waals surface area contributed by atoms with Crippen LogP contribution in [0.15, 0.2) is 36.4 Å². The van der Waals surface area contributed by atoms with E-state index in [4.69, 9.17) is 5.26 Å². The van der Waals surface area contributed by atoms with E-state index in [1.54, 1.807) is 13.0 Å². The van der Waals surface area contributed by atoms with Crippen molar-refractivity contribution >= 4 is 5.69 Å². The molecule has 3 heteroatoms. The lowest BCUT2D eigenvalue weighted by molar-refractivity contribution is 0.618. The SMILES string of the molecule is Cc1ccc(CNc2cc(C#N)cc(F)c2C)cc1. The highest BCUT2D eigenvalue weighted by molar-refractivity contribution is 5.56. The Morgan fingerprint density at radius 3 is 2.47 bits per heavy atom. The van der Waals surface area contributed by atoms with Crippen molar-refractivity contribution in [2.45, 2.75) is 20.4 Å². The second-order valence-corrected chi connectivity index (χ2v) is 4.58. The Balaban J connectivity index is 2.17. The van der Waals surface area contributed by atoms with Crippen LogP contribution in [0.25, 0.3) is 0 Å². The molecule has 0 bridgehead atoms. The third-order valence-corrected chi connectivity index (χ3v) is 3.08. The number of nitrogens with zero attached hydrogens (tertiary/aromatic N) is 1. The van der Waals surface area contributed by atoms with Gasteiger partial charge in [0.15, 0.2) is 0 Å². The summed E-state index contributed by atoms with van der Waals surface area (Å²) in [6.45, 7) is 4.34. The van der Waals surface area contributed by atoms with Gasteiger partial charge in [-0.3, -0.25) is 0 Å². The Bertz CT molecular complexity index is 624. The predicted octanol–water partition coefficient (Wildman–Crippen LogP) is 3.93. The van der Waals surface area contributed by atoms with Crippen LogP contribution in [-0.4, -0.2) is 0 Å². The number of hydrogen-bond acceptors (Lipinski definition) is 2. The van der Waals surface area contributed by atoms with E-state index in [9.17, 15) is 4.39 Å². The fraction of sp³-hybridized carbons (Fsp3) is 0.188. The molecule has 0 heterocycles. The van der Waals surface area contributed by atoms with E-state index in [0.29, 0.717) is 23.4 Å². The minimum atomic E-state index is -0.356. The summed E-state index contributed by atoms with van der Waals surface area (Å²) in [5, 5.41) is 12.0. The number of hydrogen-bond donors (Lipinski definition) is 1. The van der Waals surface area contributed by atoms with E-state index in [1.807, 2.05) is 37.3 Å². The molecule has 2 rings (SSSR count). The maximum Gasteiger partial charge on any atom is 0.129 e. The molecular weight excluding hydrogens is 239 g/mol. The summed E-state index contributed by atoms with van der Waals surface area (Å²) in [4.78, 5) is 0. The first kappa shape index (κ1) is 13.1. The zero-order chi connectivity index (χ0) is 13.8. The lowest BCUT2D eigenvalue weighted by Gasteiger charge is -2.11. The molecule has 0 fully saturated rings. The Kier molecular flexibility index (Phi) is 3.82. The molecule has 0 spiro atoms. The fourth-order valence-corrected chi connectivity index (χ4v) is 1.83. The molecule has 0 saturated carbocycles. The predicted molar refractivity (Wildman–Crippen MR) is 74.4 cm³/mol. The molecule has 0 amide bonds. The summed E-state index contributed by atoms with van der Waals surface area (Å²) in [6, 6.07) is 13.0. The number of nitriles is 1. The molecule has 96 valence electrons. The molecule has 0 aliphatic heterocycles. The molecule has 0 saturated heterocycles. The van der Waals surface area contributed by atoms with E-state index >= 15 is 0 Å². The van der Waals surface area contributed by atoms with Gasteiger partial charge in [0.05, 0.1) is 11.6 Å². The van der Waals surface area contributed by atoms with Gasteiger partial charge < -0.3 is 5.32 Å². The van der Waals surface area contributed by atoms with Crippen molar-refractivity contribution in [1.82, 2.24) is 0 Å². The van der Waals surface area contributed by atoms with Gasteiger partial charge in [-0.1, -0.05) is 29.8 Å². The number of aryl methyl sites for hydroxylation is 1.